The minimum atomic E-state index is -0.0577. The molecule has 0 unspecified atom stereocenters. The van der Waals surface area contributed by atoms with Gasteiger partial charge in [0.15, 0.2) is 5.16 Å². The highest BCUT2D eigenvalue weighted by atomic mass is 32.2. The maximum atomic E-state index is 12.2. The molecule has 0 saturated carbocycles. The topological polar surface area (TPSA) is 78.3 Å². The number of hydrogen-bond acceptors (Lipinski definition) is 6. The monoisotopic (exact) mass is 412 g/mol. The average molecular weight is 413 g/mol. The number of aromatic nitrogens is 3. The highest BCUT2D eigenvalue weighted by molar-refractivity contribution is 7.99. The fraction of sp³-hybridized carbons (Fsp3) is 0.286. The first-order chi connectivity index (χ1) is 14.2. The average Bonchev–Trinajstić information content (AvgIpc) is 3.24. The molecule has 2 aromatic carbocycles. The van der Waals surface area contributed by atoms with Crippen LogP contribution in [-0.2, 0) is 22.7 Å². The van der Waals surface area contributed by atoms with Gasteiger partial charge >= 0.3 is 0 Å². The molecule has 7 nitrogen and oxygen atoms in total. The molecule has 0 aliphatic heterocycles. The molecule has 29 heavy (non-hydrogen) atoms. The van der Waals surface area contributed by atoms with E-state index < -0.39 is 0 Å². The first-order valence-corrected chi connectivity index (χ1v) is 10.3. The zero-order valence-electron chi connectivity index (χ0n) is 16.5. The Bertz CT molecular complexity index is 910. The van der Waals surface area contributed by atoms with E-state index in [0.717, 1.165) is 22.6 Å². The summed E-state index contributed by atoms with van der Waals surface area (Å²) in [4.78, 5) is 12.2. The number of methoxy groups -OCH3 is 1. The number of benzene rings is 2. The van der Waals surface area contributed by atoms with Crippen molar-refractivity contribution in [1.29, 1.82) is 0 Å². The lowest BCUT2D eigenvalue weighted by molar-refractivity contribution is -0.118. The lowest BCUT2D eigenvalue weighted by Crippen LogP contribution is -2.24. The molecule has 3 aromatic rings. The molecule has 0 spiro atoms. The minimum Gasteiger partial charge on any atom is -0.497 e. The van der Waals surface area contributed by atoms with Crippen LogP contribution in [0.5, 0.6) is 5.75 Å². The molecule has 1 heterocycles. The van der Waals surface area contributed by atoms with Crippen LogP contribution in [0.3, 0.4) is 0 Å². The first kappa shape index (κ1) is 20.9. The van der Waals surface area contributed by atoms with Crippen LogP contribution in [-0.4, -0.2) is 40.1 Å². The molecule has 8 heteroatoms. The quantitative estimate of drug-likeness (QED) is 0.515. The molecule has 1 amide bonds. The molecule has 3 rings (SSSR count). The van der Waals surface area contributed by atoms with Gasteiger partial charge in [0.2, 0.25) is 5.91 Å². The second-order valence-corrected chi connectivity index (χ2v) is 7.14. The minimum absolute atomic E-state index is 0.0577. The number of nitrogens with zero attached hydrogens (tertiary/aromatic N) is 3. The van der Waals surface area contributed by atoms with Crippen molar-refractivity contribution in [2.45, 2.75) is 25.2 Å². The Balaban J connectivity index is 1.49. The van der Waals surface area contributed by atoms with Gasteiger partial charge in [-0.25, -0.2) is 0 Å². The summed E-state index contributed by atoms with van der Waals surface area (Å²) >= 11 is 1.34. The number of rotatable bonds is 10. The predicted octanol–water partition coefficient (Wildman–Crippen LogP) is 3.22. The van der Waals surface area contributed by atoms with Crippen molar-refractivity contribution < 1.29 is 14.3 Å². The van der Waals surface area contributed by atoms with E-state index >= 15 is 0 Å². The lowest BCUT2D eigenvalue weighted by atomic mass is 10.1. The van der Waals surface area contributed by atoms with E-state index in [-0.39, 0.29) is 11.7 Å². The summed E-state index contributed by atoms with van der Waals surface area (Å²) in [5.41, 5.74) is 3.08. The Morgan fingerprint density at radius 2 is 1.83 bits per heavy atom. The van der Waals surface area contributed by atoms with Crippen LogP contribution < -0.4 is 10.1 Å². The van der Waals surface area contributed by atoms with Gasteiger partial charge in [-0.3, -0.25) is 9.36 Å². The van der Waals surface area contributed by atoms with E-state index in [1.165, 1.54) is 11.8 Å². The second-order valence-electron chi connectivity index (χ2n) is 6.20. The van der Waals surface area contributed by atoms with Crippen LogP contribution in [0.1, 0.15) is 18.1 Å². The number of carbonyl (C=O) groups is 1. The van der Waals surface area contributed by atoms with Crippen molar-refractivity contribution in [2.24, 2.45) is 0 Å². The third kappa shape index (κ3) is 6.07. The Morgan fingerprint density at radius 1 is 1.10 bits per heavy atom. The predicted molar refractivity (Wildman–Crippen MR) is 112 cm³/mol. The molecule has 0 saturated heterocycles. The fourth-order valence-corrected chi connectivity index (χ4v) is 3.36. The molecule has 1 aromatic heterocycles. The Labute approximate surface area is 174 Å². The summed E-state index contributed by atoms with van der Waals surface area (Å²) in [7, 11) is 1.63. The smallest absolute Gasteiger partial charge is 0.230 e. The SMILES string of the molecule is CCOCc1ccc(CNC(=O)CSc2nncn2-c2ccc(OC)cc2)cc1. The van der Waals surface area contributed by atoms with E-state index in [1.807, 2.05) is 60.0 Å². The molecule has 1 N–H and O–H groups in total. The van der Waals surface area contributed by atoms with Crippen molar-refractivity contribution in [3.63, 3.8) is 0 Å². The first-order valence-electron chi connectivity index (χ1n) is 9.29. The van der Waals surface area contributed by atoms with Gasteiger partial charge in [0.05, 0.1) is 19.5 Å². The van der Waals surface area contributed by atoms with Crippen LogP contribution in [0.15, 0.2) is 60.0 Å². The lowest BCUT2D eigenvalue weighted by Gasteiger charge is -2.08. The van der Waals surface area contributed by atoms with Gasteiger partial charge in [-0.05, 0) is 42.3 Å². The van der Waals surface area contributed by atoms with Gasteiger partial charge < -0.3 is 14.8 Å². The Kier molecular flexibility index (Phi) is 7.66. The molecule has 0 atom stereocenters. The van der Waals surface area contributed by atoms with Crippen molar-refractivity contribution in [3.8, 4) is 11.4 Å². The third-order valence-corrected chi connectivity index (χ3v) is 5.13. The Morgan fingerprint density at radius 3 is 2.52 bits per heavy atom. The van der Waals surface area contributed by atoms with Gasteiger partial charge in [0.25, 0.3) is 0 Å². The summed E-state index contributed by atoms with van der Waals surface area (Å²) in [5, 5.41) is 11.7. The van der Waals surface area contributed by atoms with E-state index in [2.05, 4.69) is 15.5 Å². The number of hydrogen-bond donors (Lipinski definition) is 1. The highest BCUT2D eigenvalue weighted by Crippen LogP contribution is 2.21. The molecule has 152 valence electrons. The molecule has 0 fully saturated rings. The zero-order chi connectivity index (χ0) is 20.5. The van der Waals surface area contributed by atoms with E-state index in [4.69, 9.17) is 9.47 Å². The summed E-state index contributed by atoms with van der Waals surface area (Å²) < 4.78 is 12.4. The van der Waals surface area contributed by atoms with Gasteiger partial charge in [0.1, 0.15) is 12.1 Å². The Hall–Kier alpha value is -2.84. The summed E-state index contributed by atoms with van der Waals surface area (Å²) in [6.07, 6.45) is 1.63. The van der Waals surface area contributed by atoms with Crippen LogP contribution in [0, 0.1) is 0 Å². The van der Waals surface area contributed by atoms with Crippen molar-refractivity contribution in [1.82, 2.24) is 20.1 Å². The molecular formula is C21H24N4O3S. The summed E-state index contributed by atoms with van der Waals surface area (Å²) in [6.45, 7) is 3.76. The van der Waals surface area contributed by atoms with Crippen LogP contribution in [0.25, 0.3) is 5.69 Å². The third-order valence-electron chi connectivity index (χ3n) is 4.18. The van der Waals surface area contributed by atoms with Crippen molar-refractivity contribution in [3.05, 3.63) is 66.0 Å². The maximum Gasteiger partial charge on any atom is 0.230 e. The van der Waals surface area contributed by atoms with Gasteiger partial charge in [0, 0.05) is 18.8 Å². The zero-order valence-corrected chi connectivity index (χ0v) is 17.3. The highest BCUT2D eigenvalue weighted by Gasteiger charge is 2.10. The van der Waals surface area contributed by atoms with Gasteiger partial charge in [-0.2, -0.15) is 0 Å². The van der Waals surface area contributed by atoms with Crippen LogP contribution in [0.2, 0.25) is 0 Å². The molecule has 0 bridgehead atoms. The van der Waals surface area contributed by atoms with Crippen molar-refractivity contribution in [2.75, 3.05) is 19.5 Å². The van der Waals surface area contributed by atoms with E-state index in [0.29, 0.717) is 24.9 Å². The summed E-state index contributed by atoms with van der Waals surface area (Å²) in [6, 6.07) is 15.6. The maximum absolute atomic E-state index is 12.2. The largest absolute Gasteiger partial charge is 0.497 e. The molecule has 0 aliphatic rings. The van der Waals surface area contributed by atoms with Crippen LogP contribution >= 0.6 is 11.8 Å². The second kappa shape index (κ2) is 10.6. The fourth-order valence-electron chi connectivity index (χ4n) is 2.60. The molecular weight excluding hydrogens is 388 g/mol. The van der Waals surface area contributed by atoms with Gasteiger partial charge in [-0.15, -0.1) is 10.2 Å². The van der Waals surface area contributed by atoms with Crippen molar-refractivity contribution >= 4 is 17.7 Å². The van der Waals surface area contributed by atoms with E-state index in [1.54, 1.807) is 13.4 Å². The standard InChI is InChI=1S/C21H24N4O3S/c1-3-28-13-17-6-4-16(5-7-17)12-22-20(26)14-29-21-24-23-15-25(21)18-8-10-19(27-2)11-9-18/h4-11,15H,3,12-14H2,1-2H3,(H,22,26). The number of thioether (sulfide) groups is 1. The number of ether oxygens (including phenoxy) is 2. The number of carbonyl (C=O) groups excluding carboxylic acids is 1. The normalized spacial score (nSPS) is 10.7. The van der Waals surface area contributed by atoms with E-state index in [9.17, 15) is 4.79 Å². The number of nitrogens with one attached hydrogen (secondary N) is 1. The molecule has 0 aliphatic carbocycles. The summed E-state index contributed by atoms with van der Waals surface area (Å²) in [5.74, 6) is 0.982. The van der Waals surface area contributed by atoms with Crippen LogP contribution in [0.4, 0.5) is 0 Å². The molecule has 0 radical (unpaired) electrons. The van der Waals surface area contributed by atoms with Gasteiger partial charge in [-0.1, -0.05) is 36.0 Å². The number of amides is 1.